The highest BCUT2D eigenvalue weighted by Crippen LogP contribution is 2.28. The van der Waals surface area contributed by atoms with Crippen LogP contribution in [-0.4, -0.2) is 45.5 Å². The molecule has 0 aliphatic carbocycles. The molecule has 2 rings (SSSR count). The van der Waals surface area contributed by atoms with Crippen molar-refractivity contribution in [2.45, 2.75) is 11.2 Å². The Morgan fingerprint density at radius 2 is 1.93 bits per heavy atom. The number of carbonyl (C=O) groups excluding carboxylic acids is 1. The van der Waals surface area contributed by atoms with Gasteiger partial charge in [-0.1, -0.05) is 0 Å². The molecule has 0 saturated carbocycles. The highest BCUT2D eigenvalue weighted by molar-refractivity contribution is 7.92. The minimum Gasteiger partial charge on any atom is -0.497 e. The van der Waals surface area contributed by atoms with Crippen LogP contribution < -0.4 is 14.9 Å². The normalized spacial score (nSPS) is 12.0. The van der Waals surface area contributed by atoms with Crippen LogP contribution in [0, 0.1) is 0 Å². The first-order valence-electron chi connectivity index (χ1n) is 7.87. The molecule has 0 saturated heterocycles. The van der Waals surface area contributed by atoms with Crippen molar-refractivity contribution in [2.75, 3.05) is 20.0 Å². The Morgan fingerprint density at radius 1 is 1.21 bits per heavy atom. The third-order valence-electron chi connectivity index (χ3n) is 3.53. The summed E-state index contributed by atoms with van der Waals surface area (Å²) < 4.78 is 72.0. The van der Waals surface area contributed by atoms with Crippen LogP contribution in [0.25, 0.3) is 0 Å². The summed E-state index contributed by atoms with van der Waals surface area (Å²) >= 11 is 0. The van der Waals surface area contributed by atoms with E-state index in [1.807, 2.05) is 5.43 Å². The van der Waals surface area contributed by atoms with Gasteiger partial charge in [0.2, 0.25) is 9.84 Å². The van der Waals surface area contributed by atoms with Crippen LogP contribution >= 0.6 is 0 Å². The number of pyridine rings is 1. The number of amides is 1. The molecule has 8 nitrogen and oxygen atoms in total. The first-order chi connectivity index (χ1) is 13.6. The van der Waals surface area contributed by atoms with Gasteiger partial charge < -0.3 is 9.47 Å². The van der Waals surface area contributed by atoms with Gasteiger partial charge in [0.05, 0.1) is 26.0 Å². The lowest BCUT2D eigenvalue weighted by molar-refractivity contribution is -0.137. The second-order valence-corrected chi connectivity index (χ2v) is 7.48. The van der Waals surface area contributed by atoms with Crippen LogP contribution in [0.5, 0.6) is 11.5 Å². The van der Waals surface area contributed by atoms with Crippen molar-refractivity contribution in [2.24, 2.45) is 5.10 Å². The number of nitrogens with one attached hydrogen (secondary N) is 1. The monoisotopic (exact) mass is 431 g/mol. The predicted octanol–water partition coefficient (Wildman–Crippen LogP) is 2.04. The molecule has 0 aliphatic rings. The lowest BCUT2D eigenvalue weighted by Crippen LogP contribution is -2.27. The van der Waals surface area contributed by atoms with Crippen molar-refractivity contribution >= 4 is 22.0 Å². The molecule has 1 N–H and O–H groups in total. The fourth-order valence-electron chi connectivity index (χ4n) is 2.12. The average molecular weight is 431 g/mol. The van der Waals surface area contributed by atoms with Crippen molar-refractivity contribution in [3.05, 3.63) is 47.7 Å². The molecule has 29 heavy (non-hydrogen) atoms. The maximum absolute atomic E-state index is 12.5. The zero-order valence-corrected chi connectivity index (χ0v) is 16.0. The van der Waals surface area contributed by atoms with E-state index in [4.69, 9.17) is 9.47 Å². The van der Waals surface area contributed by atoms with Gasteiger partial charge in [-0.3, -0.25) is 4.79 Å². The summed E-state index contributed by atoms with van der Waals surface area (Å²) in [6.45, 7) is 0. The molecule has 0 atom stereocenters. The van der Waals surface area contributed by atoms with Gasteiger partial charge in [0.1, 0.15) is 17.3 Å². The third kappa shape index (κ3) is 5.91. The molecule has 1 heterocycles. The number of ether oxygens (including phenoxy) is 2. The van der Waals surface area contributed by atoms with Gasteiger partial charge in [0.25, 0.3) is 5.91 Å². The summed E-state index contributed by atoms with van der Waals surface area (Å²) in [5.74, 6) is -1.09. The zero-order chi connectivity index (χ0) is 21.7. The van der Waals surface area contributed by atoms with E-state index in [1.54, 1.807) is 18.2 Å². The first-order valence-corrected chi connectivity index (χ1v) is 9.52. The van der Waals surface area contributed by atoms with Gasteiger partial charge >= 0.3 is 6.18 Å². The number of hydrazone groups is 1. The Kier molecular flexibility index (Phi) is 6.80. The van der Waals surface area contributed by atoms with Gasteiger partial charge in [0, 0.05) is 11.8 Å². The SMILES string of the molecule is COc1ccc(OC)c(C=NNC(=O)CS(=O)(=O)c2ccc(C(F)(F)F)cn2)c1. The molecular weight excluding hydrogens is 415 g/mol. The molecule has 0 unspecified atom stereocenters. The van der Waals surface area contributed by atoms with Crippen molar-refractivity contribution in [3.8, 4) is 11.5 Å². The number of hydrogen-bond donors (Lipinski definition) is 1. The van der Waals surface area contributed by atoms with Gasteiger partial charge in [0.15, 0.2) is 5.03 Å². The van der Waals surface area contributed by atoms with Crippen LogP contribution in [0.1, 0.15) is 11.1 Å². The van der Waals surface area contributed by atoms with E-state index in [9.17, 15) is 26.4 Å². The van der Waals surface area contributed by atoms with Crippen molar-refractivity contribution in [1.29, 1.82) is 0 Å². The largest absolute Gasteiger partial charge is 0.497 e. The van der Waals surface area contributed by atoms with E-state index < -0.39 is 38.3 Å². The Morgan fingerprint density at radius 3 is 2.48 bits per heavy atom. The summed E-state index contributed by atoms with van der Waals surface area (Å²) in [5, 5.41) is 3.00. The molecule has 156 valence electrons. The van der Waals surface area contributed by atoms with Crippen molar-refractivity contribution in [1.82, 2.24) is 10.4 Å². The quantitative estimate of drug-likeness (QED) is 0.531. The number of hydrogen-bond acceptors (Lipinski definition) is 7. The summed E-state index contributed by atoms with van der Waals surface area (Å²) in [6.07, 6.45) is -3.04. The molecule has 0 aliphatic heterocycles. The number of sulfone groups is 1. The van der Waals surface area contributed by atoms with Crippen LogP contribution in [0.2, 0.25) is 0 Å². The molecule has 0 radical (unpaired) electrons. The molecular formula is C17H16F3N3O5S. The maximum atomic E-state index is 12.5. The van der Waals surface area contributed by atoms with Crippen molar-refractivity contribution < 1.29 is 35.9 Å². The second kappa shape index (κ2) is 8.90. The number of carbonyl (C=O) groups is 1. The van der Waals surface area contributed by atoms with Crippen LogP contribution in [0.15, 0.2) is 46.7 Å². The zero-order valence-electron chi connectivity index (χ0n) is 15.2. The number of aromatic nitrogens is 1. The maximum Gasteiger partial charge on any atom is 0.417 e. The van der Waals surface area contributed by atoms with Gasteiger partial charge in [-0.05, 0) is 30.3 Å². The Labute approximate surface area is 164 Å². The number of methoxy groups -OCH3 is 2. The number of nitrogens with zero attached hydrogens (tertiary/aromatic N) is 2. The van der Waals surface area contributed by atoms with Gasteiger partial charge in [-0.2, -0.15) is 18.3 Å². The number of benzene rings is 1. The molecule has 1 aromatic carbocycles. The van der Waals surface area contributed by atoms with E-state index in [0.717, 1.165) is 0 Å². The smallest absolute Gasteiger partial charge is 0.417 e. The Hall–Kier alpha value is -3.15. The Balaban J connectivity index is 2.06. The summed E-state index contributed by atoms with van der Waals surface area (Å²) in [5.41, 5.74) is 1.39. The van der Waals surface area contributed by atoms with E-state index >= 15 is 0 Å². The summed E-state index contributed by atoms with van der Waals surface area (Å²) in [6, 6.07) is 6.11. The van der Waals surface area contributed by atoms with Crippen LogP contribution in [-0.2, 0) is 20.8 Å². The fourth-order valence-corrected chi connectivity index (χ4v) is 3.17. The minimum atomic E-state index is -4.65. The average Bonchev–Trinajstić information content (AvgIpc) is 2.67. The fraction of sp³-hybridized carbons (Fsp3) is 0.235. The molecule has 2 aromatic rings. The van der Waals surface area contributed by atoms with Crippen molar-refractivity contribution in [3.63, 3.8) is 0 Å². The molecule has 0 fully saturated rings. The summed E-state index contributed by atoms with van der Waals surface area (Å²) in [4.78, 5) is 15.1. The second-order valence-electron chi connectivity index (χ2n) is 5.54. The highest BCUT2D eigenvalue weighted by Gasteiger charge is 2.31. The van der Waals surface area contributed by atoms with E-state index in [2.05, 4.69) is 10.1 Å². The first kappa shape index (κ1) is 22.1. The van der Waals surface area contributed by atoms with Crippen LogP contribution in [0.3, 0.4) is 0 Å². The summed E-state index contributed by atoms with van der Waals surface area (Å²) in [7, 11) is -1.35. The molecule has 0 spiro atoms. The minimum absolute atomic E-state index is 0.387. The standard InChI is InChI=1S/C17H16F3N3O5S/c1-27-13-4-5-14(28-2)11(7-13)8-22-23-15(24)10-29(25,26)16-6-3-12(9-21-16)17(18,19)20/h3-9H,10H2,1-2H3,(H,23,24). The van der Waals surface area contributed by atoms with E-state index in [0.29, 0.717) is 35.4 Å². The lowest BCUT2D eigenvalue weighted by Gasteiger charge is -2.08. The number of alkyl halides is 3. The number of halogens is 3. The molecule has 12 heteroatoms. The third-order valence-corrected chi connectivity index (χ3v) is 5.05. The predicted molar refractivity (Wildman–Crippen MR) is 96.6 cm³/mol. The molecule has 0 bridgehead atoms. The van der Waals surface area contributed by atoms with E-state index in [-0.39, 0.29) is 0 Å². The van der Waals surface area contributed by atoms with Gasteiger partial charge in [-0.25, -0.2) is 18.8 Å². The number of rotatable bonds is 7. The van der Waals surface area contributed by atoms with Crippen LogP contribution in [0.4, 0.5) is 13.2 Å². The Bertz CT molecular complexity index is 1010. The highest BCUT2D eigenvalue weighted by atomic mass is 32.2. The lowest BCUT2D eigenvalue weighted by atomic mass is 10.2. The van der Waals surface area contributed by atoms with E-state index in [1.165, 1.54) is 20.4 Å². The van der Waals surface area contributed by atoms with Gasteiger partial charge in [-0.15, -0.1) is 0 Å². The molecule has 1 aromatic heterocycles. The topological polar surface area (TPSA) is 107 Å². The molecule has 1 amide bonds.